The Balaban J connectivity index is 1.90. The first-order valence-corrected chi connectivity index (χ1v) is 10.4. The van der Waals surface area contributed by atoms with Crippen molar-refractivity contribution in [1.29, 1.82) is 0 Å². The van der Waals surface area contributed by atoms with E-state index < -0.39 is 0 Å². The van der Waals surface area contributed by atoms with Gasteiger partial charge in [0, 0.05) is 24.3 Å². The van der Waals surface area contributed by atoms with Gasteiger partial charge in [0.05, 0.1) is 16.7 Å². The second-order valence-corrected chi connectivity index (χ2v) is 8.32. The van der Waals surface area contributed by atoms with Gasteiger partial charge in [-0.3, -0.25) is 14.2 Å². The standard InChI is InChI=1S/C21H22ClN3O2S/c1-14(2)12-25-20(27)17-11-15(22)9-10-18(17)23-21(25)28-13-19(26)24(3)16-7-5-4-6-8-16/h4-11,14H,12-13H2,1-3H3. The lowest BCUT2D eigenvalue weighted by Gasteiger charge is -2.18. The average Bonchev–Trinajstić information content (AvgIpc) is 2.69. The number of carbonyl (C=O) groups is 1. The van der Waals surface area contributed by atoms with Crippen LogP contribution in [0.4, 0.5) is 5.69 Å². The van der Waals surface area contributed by atoms with Crippen molar-refractivity contribution in [2.24, 2.45) is 5.92 Å². The Morgan fingerprint density at radius 1 is 1.21 bits per heavy atom. The summed E-state index contributed by atoms with van der Waals surface area (Å²) >= 11 is 7.33. The second-order valence-electron chi connectivity index (χ2n) is 6.94. The van der Waals surface area contributed by atoms with Gasteiger partial charge in [-0.15, -0.1) is 0 Å². The van der Waals surface area contributed by atoms with Gasteiger partial charge < -0.3 is 4.90 Å². The third-order valence-electron chi connectivity index (χ3n) is 4.27. The number of para-hydroxylation sites is 1. The number of halogens is 1. The summed E-state index contributed by atoms with van der Waals surface area (Å²) in [6, 6.07) is 14.6. The maximum Gasteiger partial charge on any atom is 0.262 e. The molecule has 0 N–H and O–H groups in total. The molecule has 1 aromatic heterocycles. The van der Waals surface area contributed by atoms with Crippen LogP contribution in [0.2, 0.25) is 5.02 Å². The van der Waals surface area contributed by atoms with Gasteiger partial charge in [0.15, 0.2) is 5.16 Å². The lowest BCUT2D eigenvalue weighted by molar-refractivity contribution is -0.115. The number of anilines is 1. The van der Waals surface area contributed by atoms with Crippen molar-refractivity contribution in [3.63, 3.8) is 0 Å². The molecular formula is C21H22ClN3O2S. The van der Waals surface area contributed by atoms with Gasteiger partial charge in [-0.1, -0.05) is 55.4 Å². The number of thioether (sulfide) groups is 1. The number of hydrogen-bond acceptors (Lipinski definition) is 4. The zero-order chi connectivity index (χ0) is 20.3. The SMILES string of the molecule is CC(C)Cn1c(SCC(=O)N(C)c2ccccc2)nc2ccc(Cl)cc2c1=O. The number of nitrogens with zero attached hydrogens (tertiary/aromatic N) is 3. The Bertz CT molecular complexity index is 1050. The molecule has 28 heavy (non-hydrogen) atoms. The van der Waals surface area contributed by atoms with Crippen LogP contribution in [0.15, 0.2) is 58.5 Å². The highest BCUT2D eigenvalue weighted by atomic mass is 35.5. The van der Waals surface area contributed by atoms with Gasteiger partial charge in [-0.2, -0.15) is 0 Å². The zero-order valence-electron chi connectivity index (χ0n) is 16.1. The summed E-state index contributed by atoms with van der Waals surface area (Å²) in [4.78, 5) is 31.8. The van der Waals surface area contributed by atoms with Crippen LogP contribution in [0.25, 0.3) is 10.9 Å². The van der Waals surface area contributed by atoms with Crippen LogP contribution >= 0.6 is 23.4 Å². The summed E-state index contributed by atoms with van der Waals surface area (Å²) < 4.78 is 1.64. The minimum absolute atomic E-state index is 0.0576. The predicted molar refractivity (Wildman–Crippen MR) is 116 cm³/mol. The summed E-state index contributed by atoms with van der Waals surface area (Å²) in [6.07, 6.45) is 0. The molecular weight excluding hydrogens is 394 g/mol. The summed E-state index contributed by atoms with van der Waals surface area (Å²) in [7, 11) is 1.75. The molecule has 0 saturated carbocycles. The summed E-state index contributed by atoms with van der Waals surface area (Å²) in [5.74, 6) is 0.394. The molecule has 2 aromatic carbocycles. The predicted octanol–water partition coefficient (Wildman–Crippen LogP) is 4.46. The highest BCUT2D eigenvalue weighted by Gasteiger charge is 2.17. The van der Waals surface area contributed by atoms with E-state index in [1.807, 2.05) is 44.2 Å². The van der Waals surface area contributed by atoms with E-state index in [1.54, 1.807) is 34.7 Å². The van der Waals surface area contributed by atoms with Crippen molar-refractivity contribution in [1.82, 2.24) is 9.55 Å². The van der Waals surface area contributed by atoms with E-state index in [9.17, 15) is 9.59 Å². The van der Waals surface area contributed by atoms with Gasteiger partial charge in [0.25, 0.3) is 5.56 Å². The number of amides is 1. The fourth-order valence-corrected chi connectivity index (χ4v) is 3.92. The molecule has 0 aliphatic carbocycles. The first-order chi connectivity index (χ1) is 13.4. The molecule has 3 rings (SSSR count). The van der Waals surface area contributed by atoms with E-state index in [4.69, 9.17) is 11.6 Å². The quantitative estimate of drug-likeness (QED) is 0.440. The molecule has 0 aliphatic rings. The second kappa shape index (κ2) is 8.80. The van der Waals surface area contributed by atoms with Crippen molar-refractivity contribution >= 4 is 45.9 Å². The summed E-state index contributed by atoms with van der Waals surface area (Å²) in [5, 5.41) is 1.54. The first-order valence-electron chi connectivity index (χ1n) is 9.01. The average molecular weight is 416 g/mol. The molecule has 0 aliphatic heterocycles. The third kappa shape index (κ3) is 4.56. The molecule has 0 atom stereocenters. The number of hydrogen-bond donors (Lipinski definition) is 0. The summed E-state index contributed by atoms with van der Waals surface area (Å²) in [5.41, 5.74) is 1.28. The van der Waals surface area contributed by atoms with E-state index in [1.165, 1.54) is 11.8 Å². The van der Waals surface area contributed by atoms with Gasteiger partial charge in [-0.05, 0) is 36.2 Å². The lowest BCUT2D eigenvalue weighted by Crippen LogP contribution is -2.29. The molecule has 0 fully saturated rings. The largest absolute Gasteiger partial charge is 0.315 e. The fraction of sp³-hybridized carbons (Fsp3) is 0.286. The molecule has 1 heterocycles. The van der Waals surface area contributed by atoms with Crippen LogP contribution in [0.1, 0.15) is 13.8 Å². The fourth-order valence-electron chi connectivity index (χ4n) is 2.83. The molecule has 0 unspecified atom stereocenters. The van der Waals surface area contributed by atoms with E-state index in [2.05, 4.69) is 4.98 Å². The number of aromatic nitrogens is 2. The maximum absolute atomic E-state index is 13.0. The van der Waals surface area contributed by atoms with Crippen molar-refractivity contribution in [2.75, 3.05) is 17.7 Å². The smallest absolute Gasteiger partial charge is 0.262 e. The first kappa shape index (κ1) is 20.4. The monoisotopic (exact) mass is 415 g/mol. The van der Waals surface area contributed by atoms with Gasteiger partial charge in [0.1, 0.15) is 0 Å². The molecule has 7 heteroatoms. The normalized spacial score (nSPS) is 11.2. The molecule has 0 bridgehead atoms. The Kier molecular flexibility index (Phi) is 6.42. The van der Waals surface area contributed by atoms with E-state index in [0.29, 0.717) is 27.6 Å². The van der Waals surface area contributed by atoms with E-state index in [-0.39, 0.29) is 23.1 Å². The molecule has 0 radical (unpaired) electrons. The lowest BCUT2D eigenvalue weighted by atomic mass is 10.2. The topological polar surface area (TPSA) is 55.2 Å². The van der Waals surface area contributed by atoms with Crippen molar-refractivity contribution in [2.45, 2.75) is 25.5 Å². The number of rotatable bonds is 6. The van der Waals surface area contributed by atoms with Gasteiger partial charge in [-0.25, -0.2) is 4.98 Å². The van der Waals surface area contributed by atoms with Gasteiger partial charge >= 0.3 is 0 Å². The van der Waals surface area contributed by atoms with Crippen molar-refractivity contribution < 1.29 is 4.79 Å². The highest BCUT2D eigenvalue weighted by molar-refractivity contribution is 7.99. The van der Waals surface area contributed by atoms with Crippen LogP contribution in [-0.2, 0) is 11.3 Å². The number of carbonyl (C=O) groups excluding carboxylic acids is 1. The van der Waals surface area contributed by atoms with Crippen LogP contribution in [0.5, 0.6) is 0 Å². The van der Waals surface area contributed by atoms with E-state index in [0.717, 1.165) is 5.69 Å². The Morgan fingerprint density at radius 2 is 1.93 bits per heavy atom. The van der Waals surface area contributed by atoms with Crippen molar-refractivity contribution in [3.05, 3.63) is 63.9 Å². The molecule has 146 valence electrons. The summed E-state index contributed by atoms with van der Waals surface area (Å²) in [6.45, 7) is 4.61. The van der Waals surface area contributed by atoms with Crippen LogP contribution in [0.3, 0.4) is 0 Å². The minimum atomic E-state index is -0.132. The minimum Gasteiger partial charge on any atom is -0.315 e. The number of fused-ring (bicyclic) bond motifs is 1. The highest BCUT2D eigenvalue weighted by Crippen LogP contribution is 2.22. The Labute approximate surface area is 173 Å². The van der Waals surface area contributed by atoms with Crippen molar-refractivity contribution in [3.8, 4) is 0 Å². The van der Waals surface area contributed by atoms with Crippen LogP contribution in [-0.4, -0.2) is 28.3 Å². The maximum atomic E-state index is 13.0. The van der Waals surface area contributed by atoms with Gasteiger partial charge in [0.2, 0.25) is 5.91 Å². The molecule has 1 amide bonds. The Hall–Kier alpha value is -2.31. The molecule has 0 spiro atoms. The third-order valence-corrected chi connectivity index (χ3v) is 5.47. The Morgan fingerprint density at radius 3 is 2.61 bits per heavy atom. The molecule has 3 aromatic rings. The zero-order valence-corrected chi connectivity index (χ0v) is 17.6. The van der Waals surface area contributed by atoms with E-state index >= 15 is 0 Å². The van der Waals surface area contributed by atoms with Crippen LogP contribution in [0, 0.1) is 5.92 Å². The molecule has 5 nitrogen and oxygen atoms in total. The molecule has 0 saturated heterocycles. The number of benzene rings is 2. The van der Waals surface area contributed by atoms with Crippen LogP contribution < -0.4 is 10.5 Å².